The molecule has 0 saturated carbocycles. The summed E-state index contributed by atoms with van der Waals surface area (Å²) >= 11 is 1.32. The van der Waals surface area contributed by atoms with E-state index in [-0.39, 0.29) is 5.91 Å². The van der Waals surface area contributed by atoms with Gasteiger partial charge in [0.2, 0.25) is 5.91 Å². The van der Waals surface area contributed by atoms with E-state index in [1.165, 1.54) is 25.8 Å². The molecule has 1 rings (SSSR count). The number of aliphatic imine (C=N–C) groups is 1. The van der Waals surface area contributed by atoms with Crippen molar-refractivity contribution in [3.63, 3.8) is 0 Å². The van der Waals surface area contributed by atoms with Crippen molar-refractivity contribution in [2.75, 3.05) is 18.7 Å². The summed E-state index contributed by atoms with van der Waals surface area (Å²) < 4.78 is 5.14. The van der Waals surface area contributed by atoms with Crippen LogP contribution in [0.4, 0.5) is 11.4 Å². The maximum absolute atomic E-state index is 11.1. The largest absolute Gasteiger partial charge is 0.495 e. The van der Waals surface area contributed by atoms with E-state index < -0.39 is 0 Å². The average molecular weight is 278 g/mol. The predicted molar refractivity (Wildman–Crippen MR) is 76.7 cm³/mol. The van der Waals surface area contributed by atoms with Crippen LogP contribution in [0.25, 0.3) is 0 Å². The smallest absolute Gasteiger partial charge is 0.221 e. The average Bonchev–Trinajstić information content (AvgIpc) is 2.38. The van der Waals surface area contributed by atoms with Gasteiger partial charge in [0.05, 0.1) is 18.5 Å². The quantitative estimate of drug-likeness (QED) is 0.382. The van der Waals surface area contributed by atoms with E-state index >= 15 is 0 Å². The van der Waals surface area contributed by atoms with Crippen molar-refractivity contribution in [3.05, 3.63) is 18.2 Å². The lowest BCUT2D eigenvalue weighted by Gasteiger charge is -2.09. The Balaban J connectivity index is 3.10. The first-order valence-corrected chi connectivity index (χ1v) is 6.56. The van der Waals surface area contributed by atoms with Gasteiger partial charge in [0.25, 0.3) is 0 Å². The fourth-order valence-corrected chi connectivity index (χ4v) is 1.69. The van der Waals surface area contributed by atoms with Crippen LogP contribution in [0.15, 0.2) is 23.2 Å². The van der Waals surface area contributed by atoms with Crippen molar-refractivity contribution >= 4 is 34.2 Å². The van der Waals surface area contributed by atoms with Gasteiger partial charge in [-0.3, -0.25) is 10.1 Å². The summed E-state index contributed by atoms with van der Waals surface area (Å²) in [5.74, 6) is 0.354. The summed E-state index contributed by atoms with van der Waals surface area (Å²) in [5.41, 5.74) is 1.14. The number of ether oxygens (including phenoxy) is 1. The van der Waals surface area contributed by atoms with Crippen molar-refractivity contribution in [2.45, 2.75) is 6.92 Å². The Labute approximate surface area is 115 Å². The van der Waals surface area contributed by atoms with Crippen molar-refractivity contribution < 1.29 is 9.53 Å². The molecule has 0 aliphatic rings. The number of rotatable bonds is 3. The van der Waals surface area contributed by atoms with Crippen LogP contribution in [-0.2, 0) is 4.79 Å². The van der Waals surface area contributed by atoms with Crippen LogP contribution < -0.4 is 15.4 Å². The fourth-order valence-electron chi connectivity index (χ4n) is 1.34. The van der Waals surface area contributed by atoms with Gasteiger partial charge in [0, 0.05) is 6.92 Å². The number of nitrogens with one attached hydrogen (secondary N) is 2. The normalized spacial score (nSPS) is 10.5. The molecule has 0 unspecified atom stereocenters. The third kappa shape index (κ3) is 4.52. The number of benzene rings is 1. The van der Waals surface area contributed by atoms with Crippen LogP contribution >= 0.6 is 11.8 Å². The van der Waals surface area contributed by atoms with Crippen molar-refractivity contribution in [2.24, 2.45) is 4.99 Å². The summed E-state index contributed by atoms with van der Waals surface area (Å²) in [7, 11) is 1.52. The summed E-state index contributed by atoms with van der Waals surface area (Å²) in [5, 5.41) is 14.2. The molecule has 0 fully saturated rings. The van der Waals surface area contributed by atoms with Gasteiger partial charge in [0.15, 0.2) is 11.4 Å². The molecule has 0 aliphatic carbocycles. The lowest BCUT2D eigenvalue weighted by molar-refractivity contribution is -0.114. The minimum absolute atomic E-state index is 0.195. The molecular formula is C12H14N4O2S. The van der Waals surface area contributed by atoms with E-state index in [0.717, 1.165) is 0 Å². The number of carbonyl (C=O) groups is 1. The first kappa shape index (κ1) is 14.9. The number of hydrogen-bond donors (Lipinski definition) is 2. The monoisotopic (exact) mass is 278 g/mol. The highest BCUT2D eigenvalue weighted by molar-refractivity contribution is 8.13. The Hall–Kier alpha value is -2.20. The van der Waals surface area contributed by atoms with Gasteiger partial charge in [-0.1, -0.05) is 11.8 Å². The molecule has 1 aromatic carbocycles. The van der Waals surface area contributed by atoms with Crippen LogP contribution in [0, 0.1) is 11.5 Å². The van der Waals surface area contributed by atoms with E-state index in [1.807, 2.05) is 6.19 Å². The molecule has 0 bridgehead atoms. The third-order valence-corrected chi connectivity index (χ3v) is 2.66. The number of amides is 1. The molecule has 7 heteroatoms. The molecule has 0 heterocycles. The first-order valence-electron chi connectivity index (χ1n) is 5.34. The Bertz CT molecular complexity index is 537. The van der Waals surface area contributed by atoms with Gasteiger partial charge in [-0.15, -0.1) is 0 Å². The number of amidine groups is 1. The minimum Gasteiger partial charge on any atom is -0.495 e. The molecule has 0 radical (unpaired) electrons. The maximum atomic E-state index is 11.1. The standard InChI is InChI=1S/C12H14N4O2S/c1-8(17)15-10-6-9(4-5-11(10)18-2)16-12(19-3)14-7-13/h4-6H,1-3H3,(H,14,16)(H,15,17). The summed E-state index contributed by atoms with van der Waals surface area (Å²) in [6.07, 6.45) is 3.62. The fraction of sp³-hybridized carbons (Fsp3) is 0.250. The summed E-state index contributed by atoms with van der Waals surface area (Å²) in [4.78, 5) is 15.4. The zero-order valence-corrected chi connectivity index (χ0v) is 11.7. The number of anilines is 1. The highest BCUT2D eigenvalue weighted by atomic mass is 32.2. The van der Waals surface area contributed by atoms with Gasteiger partial charge < -0.3 is 10.1 Å². The lowest BCUT2D eigenvalue weighted by atomic mass is 10.2. The molecule has 100 valence electrons. The topological polar surface area (TPSA) is 86.5 Å². The van der Waals surface area contributed by atoms with Crippen LogP contribution in [0.5, 0.6) is 5.75 Å². The molecule has 2 N–H and O–H groups in total. The number of nitrogens with zero attached hydrogens (tertiary/aromatic N) is 2. The SMILES string of the molecule is COc1ccc(N=C(NC#N)SC)cc1NC(C)=O. The molecule has 0 aromatic heterocycles. The highest BCUT2D eigenvalue weighted by Gasteiger charge is 2.06. The third-order valence-electron chi connectivity index (χ3n) is 2.08. The molecule has 1 amide bonds. The van der Waals surface area contributed by atoms with E-state index in [9.17, 15) is 4.79 Å². The first-order chi connectivity index (χ1) is 9.10. The molecule has 19 heavy (non-hydrogen) atoms. The summed E-state index contributed by atoms with van der Waals surface area (Å²) in [6, 6.07) is 5.11. The van der Waals surface area contributed by atoms with Gasteiger partial charge in [-0.25, -0.2) is 4.99 Å². The van der Waals surface area contributed by atoms with Crippen LogP contribution in [0.2, 0.25) is 0 Å². The second-order valence-electron chi connectivity index (χ2n) is 3.42. The van der Waals surface area contributed by atoms with Crippen molar-refractivity contribution in [1.29, 1.82) is 5.26 Å². The predicted octanol–water partition coefficient (Wildman–Crippen LogP) is 2.07. The zero-order valence-electron chi connectivity index (χ0n) is 10.9. The van der Waals surface area contributed by atoms with E-state index in [2.05, 4.69) is 15.6 Å². The van der Waals surface area contributed by atoms with Gasteiger partial charge in [0.1, 0.15) is 5.75 Å². The van der Waals surface area contributed by atoms with Gasteiger partial charge >= 0.3 is 0 Å². The minimum atomic E-state index is -0.195. The molecular weight excluding hydrogens is 264 g/mol. The van der Waals surface area contributed by atoms with Gasteiger partial charge in [-0.2, -0.15) is 5.26 Å². The number of thioether (sulfide) groups is 1. The lowest BCUT2D eigenvalue weighted by Crippen LogP contribution is -2.12. The van der Waals surface area contributed by atoms with Crippen LogP contribution in [0.3, 0.4) is 0 Å². The Morgan fingerprint density at radius 2 is 2.26 bits per heavy atom. The molecule has 1 aromatic rings. The molecule has 6 nitrogen and oxygen atoms in total. The molecule has 0 aliphatic heterocycles. The second kappa shape index (κ2) is 7.28. The number of hydrogen-bond acceptors (Lipinski definition) is 5. The number of nitriles is 1. The Morgan fingerprint density at radius 3 is 2.79 bits per heavy atom. The van der Waals surface area contributed by atoms with E-state index in [0.29, 0.717) is 22.3 Å². The molecule has 0 spiro atoms. The molecule has 0 atom stereocenters. The molecule has 0 saturated heterocycles. The number of methoxy groups -OCH3 is 1. The van der Waals surface area contributed by atoms with Crippen molar-refractivity contribution in [3.8, 4) is 11.9 Å². The summed E-state index contributed by atoms with van der Waals surface area (Å²) in [6.45, 7) is 1.42. The highest BCUT2D eigenvalue weighted by Crippen LogP contribution is 2.29. The van der Waals surface area contributed by atoms with Crippen LogP contribution in [-0.4, -0.2) is 24.4 Å². The second-order valence-corrected chi connectivity index (χ2v) is 4.22. The van der Waals surface area contributed by atoms with Gasteiger partial charge in [-0.05, 0) is 24.5 Å². The van der Waals surface area contributed by atoms with Crippen LogP contribution in [0.1, 0.15) is 6.92 Å². The Kier molecular flexibility index (Phi) is 5.70. The number of carbonyl (C=O) groups excluding carboxylic acids is 1. The maximum Gasteiger partial charge on any atom is 0.221 e. The van der Waals surface area contributed by atoms with E-state index in [4.69, 9.17) is 10.00 Å². The van der Waals surface area contributed by atoms with Crippen molar-refractivity contribution in [1.82, 2.24) is 5.32 Å². The Morgan fingerprint density at radius 1 is 1.53 bits per heavy atom. The zero-order chi connectivity index (χ0) is 14.3. The van der Waals surface area contributed by atoms with E-state index in [1.54, 1.807) is 24.5 Å².